The number of benzene rings is 2. The lowest BCUT2D eigenvalue weighted by atomic mass is 10.1. The maximum atomic E-state index is 12.3. The van der Waals surface area contributed by atoms with E-state index in [2.05, 4.69) is 5.32 Å². The predicted molar refractivity (Wildman–Crippen MR) is 81.1 cm³/mol. The number of phenols is 1. The number of hydrogen-bond acceptors (Lipinski definition) is 3. The minimum atomic E-state index is -2.39. The van der Waals surface area contributed by atoms with Crippen LogP contribution in [0.2, 0.25) is 0 Å². The van der Waals surface area contributed by atoms with Crippen molar-refractivity contribution in [2.24, 2.45) is 0 Å². The maximum Gasteiger partial charge on any atom is 0.288 e. The lowest BCUT2D eigenvalue weighted by Crippen LogP contribution is -2.06. The van der Waals surface area contributed by atoms with Crippen molar-refractivity contribution in [3.8, 4) is 5.75 Å². The Morgan fingerprint density at radius 1 is 1.14 bits per heavy atom. The Kier molecular flexibility index (Phi) is 4.01. The monoisotopic (exact) mass is 307 g/mol. The molecule has 0 aliphatic heterocycles. The summed E-state index contributed by atoms with van der Waals surface area (Å²) in [5.74, 6) is -2.05. The van der Waals surface area contributed by atoms with Gasteiger partial charge in [-0.2, -0.15) is 8.78 Å². The normalized spacial score (nSPS) is 17.0. The molecule has 5 heteroatoms. The number of aromatic hydroxyl groups is 1. The largest absolute Gasteiger partial charge is 0.508 e. The van der Waals surface area contributed by atoms with E-state index in [-0.39, 0.29) is 6.04 Å². The highest BCUT2D eigenvalue weighted by atomic mass is 32.2. The second-order valence-corrected chi connectivity index (χ2v) is 6.05. The van der Waals surface area contributed by atoms with Gasteiger partial charge in [-0.3, -0.25) is 0 Å². The van der Waals surface area contributed by atoms with E-state index in [1.165, 1.54) is 0 Å². The van der Waals surface area contributed by atoms with E-state index < -0.39 is 5.76 Å². The Morgan fingerprint density at radius 3 is 2.62 bits per heavy atom. The molecule has 0 amide bonds. The molecule has 21 heavy (non-hydrogen) atoms. The summed E-state index contributed by atoms with van der Waals surface area (Å²) in [6, 6.07) is 12.7. The molecule has 2 aromatic rings. The second kappa shape index (κ2) is 5.93. The Hall–Kier alpha value is -1.75. The second-order valence-electron chi connectivity index (χ2n) is 4.98. The molecule has 2 nitrogen and oxygen atoms in total. The van der Waals surface area contributed by atoms with Crippen molar-refractivity contribution in [3.63, 3.8) is 0 Å². The number of fused-ring (bicyclic) bond motifs is 1. The van der Waals surface area contributed by atoms with Gasteiger partial charge in [0.15, 0.2) is 0 Å². The van der Waals surface area contributed by atoms with Crippen molar-refractivity contribution in [1.82, 2.24) is 0 Å². The zero-order chi connectivity index (χ0) is 14.8. The molecular weight excluding hydrogens is 292 g/mol. The van der Waals surface area contributed by atoms with Gasteiger partial charge in [-0.25, -0.2) is 0 Å². The first-order valence-electron chi connectivity index (χ1n) is 6.75. The fourth-order valence-corrected chi connectivity index (χ4v) is 3.22. The molecule has 0 spiro atoms. The van der Waals surface area contributed by atoms with E-state index in [1.54, 1.807) is 18.2 Å². The summed E-state index contributed by atoms with van der Waals surface area (Å²) < 4.78 is 24.6. The lowest BCUT2D eigenvalue weighted by molar-refractivity contribution is 0.252. The van der Waals surface area contributed by atoms with Gasteiger partial charge in [0.2, 0.25) is 0 Å². The molecule has 0 heterocycles. The highest BCUT2D eigenvalue weighted by molar-refractivity contribution is 7.99. The van der Waals surface area contributed by atoms with Crippen molar-refractivity contribution in [3.05, 3.63) is 53.6 Å². The number of nitrogens with one attached hydrogen (secondary N) is 1. The first kappa shape index (κ1) is 14.2. The molecule has 2 aromatic carbocycles. The topological polar surface area (TPSA) is 32.3 Å². The first-order valence-corrected chi connectivity index (χ1v) is 7.63. The molecular formula is C16H15F2NOS. The Balaban J connectivity index is 1.73. The van der Waals surface area contributed by atoms with Crippen LogP contribution in [-0.2, 0) is 6.42 Å². The van der Waals surface area contributed by atoms with Gasteiger partial charge in [-0.05, 0) is 54.3 Å². The van der Waals surface area contributed by atoms with Crippen molar-refractivity contribution >= 4 is 17.4 Å². The van der Waals surface area contributed by atoms with Crippen LogP contribution in [0.25, 0.3) is 0 Å². The van der Waals surface area contributed by atoms with Gasteiger partial charge in [-0.1, -0.05) is 23.9 Å². The van der Waals surface area contributed by atoms with E-state index in [1.807, 2.05) is 24.3 Å². The van der Waals surface area contributed by atoms with E-state index in [0.29, 0.717) is 22.4 Å². The summed E-state index contributed by atoms with van der Waals surface area (Å²) in [7, 11) is 0. The standard InChI is InChI=1S/C16H15F2NOS/c17-16(18)21-11-6-4-10(5-7-11)19-14-9-8-13-12(14)2-1-3-15(13)20/h1-7,14,16,19-20H,8-9H2. The van der Waals surface area contributed by atoms with Gasteiger partial charge in [0.1, 0.15) is 5.75 Å². The number of halogens is 2. The summed E-state index contributed by atoms with van der Waals surface area (Å²) >= 11 is 0.546. The number of thioether (sulfide) groups is 1. The van der Waals surface area contributed by atoms with E-state index in [4.69, 9.17) is 0 Å². The molecule has 2 N–H and O–H groups in total. The van der Waals surface area contributed by atoms with Gasteiger partial charge >= 0.3 is 0 Å². The fraction of sp³-hybridized carbons (Fsp3) is 0.250. The third kappa shape index (κ3) is 3.13. The zero-order valence-electron chi connectivity index (χ0n) is 11.2. The van der Waals surface area contributed by atoms with Crippen LogP contribution in [0.15, 0.2) is 47.4 Å². The van der Waals surface area contributed by atoms with Crippen molar-refractivity contribution in [1.29, 1.82) is 0 Å². The number of alkyl halides is 2. The smallest absolute Gasteiger partial charge is 0.288 e. The predicted octanol–water partition coefficient (Wildman–Crippen LogP) is 4.81. The van der Waals surface area contributed by atoms with Crippen LogP contribution in [0.3, 0.4) is 0 Å². The molecule has 1 aliphatic rings. The van der Waals surface area contributed by atoms with Crippen molar-refractivity contribution in [2.75, 3.05) is 5.32 Å². The van der Waals surface area contributed by atoms with E-state index >= 15 is 0 Å². The number of hydrogen-bond donors (Lipinski definition) is 2. The molecule has 1 unspecified atom stereocenters. The summed E-state index contributed by atoms with van der Waals surface area (Å²) in [4.78, 5) is 0.556. The fourth-order valence-electron chi connectivity index (χ4n) is 2.72. The van der Waals surface area contributed by atoms with Crippen LogP contribution in [0.5, 0.6) is 5.75 Å². The lowest BCUT2D eigenvalue weighted by Gasteiger charge is -2.16. The molecule has 1 atom stereocenters. The molecule has 0 fully saturated rings. The van der Waals surface area contributed by atoms with E-state index in [9.17, 15) is 13.9 Å². The average Bonchev–Trinajstić information content (AvgIpc) is 2.85. The van der Waals surface area contributed by atoms with Gasteiger partial charge in [0.05, 0.1) is 6.04 Å². The van der Waals surface area contributed by atoms with Gasteiger partial charge in [0.25, 0.3) is 5.76 Å². The van der Waals surface area contributed by atoms with Crippen molar-refractivity contribution in [2.45, 2.75) is 29.5 Å². The van der Waals surface area contributed by atoms with Crippen molar-refractivity contribution < 1.29 is 13.9 Å². The minimum Gasteiger partial charge on any atom is -0.508 e. The number of phenolic OH excluding ortho intramolecular Hbond substituents is 1. The van der Waals surface area contributed by atoms with Crippen LogP contribution < -0.4 is 5.32 Å². The molecule has 1 aliphatic carbocycles. The third-order valence-electron chi connectivity index (χ3n) is 3.67. The van der Waals surface area contributed by atoms with Gasteiger partial charge in [-0.15, -0.1) is 0 Å². The Labute approximate surface area is 126 Å². The minimum absolute atomic E-state index is 0.153. The van der Waals surface area contributed by atoms with Crippen LogP contribution in [-0.4, -0.2) is 10.9 Å². The third-order valence-corrected chi connectivity index (χ3v) is 4.39. The SMILES string of the molecule is Oc1cccc2c1CCC2Nc1ccc(SC(F)F)cc1. The highest BCUT2D eigenvalue weighted by Gasteiger charge is 2.24. The quantitative estimate of drug-likeness (QED) is 0.795. The average molecular weight is 307 g/mol. The van der Waals surface area contributed by atoms with Gasteiger partial charge < -0.3 is 10.4 Å². The molecule has 0 aromatic heterocycles. The van der Waals surface area contributed by atoms with Crippen LogP contribution >= 0.6 is 11.8 Å². The Morgan fingerprint density at radius 2 is 1.90 bits per heavy atom. The zero-order valence-corrected chi connectivity index (χ0v) is 12.0. The molecule has 3 rings (SSSR count). The summed E-state index contributed by atoms with van der Waals surface area (Å²) in [6.07, 6.45) is 1.76. The maximum absolute atomic E-state index is 12.3. The summed E-state index contributed by atoms with van der Waals surface area (Å²) in [5.41, 5.74) is 3.01. The first-order chi connectivity index (χ1) is 10.1. The molecule has 0 saturated carbocycles. The van der Waals surface area contributed by atoms with Crippen LogP contribution in [0, 0.1) is 0 Å². The van der Waals surface area contributed by atoms with Gasteiger partial charge in [0, 0.05) is 10.6 Å². The number of rotatable bonds is 4. The number of anilines is 1. The molecule has 110 valence electrons. The molecule has 0 bridgehead atoms. The molecule has 0 saturated heterocycles. The summed E-state index contributed by atoms with van der Waals surface area (Å²) in [5, 5.41) is 13.2. The highest BCUT2D eigenvalue weighted by Crippen LogP contribution is 2.38. The van der Waals surface area contributed by atoms with Crippen LogP contribution in [0.1, 0.15) is 23.6 Å². The Bertz CT molecular complexity index is 631. The van der Waals surface area contributed by atoms with E-state index in [0.717, 1.165) is 29.7 Å². The summed E-state index contributed by atoms with van der Waals surface area (Å²) in [6.45, 7) is 0. The van der Waals surface area contributed by atoms with Crippen LogP contribution in [0.4, 0.5) is 14.5 Å². The molecule has 0 radical (unpaired) electrons.